The van der Waals surface area contributed by atoms with Crippen molar-refractivity contribution < 1.29 is 19.1 Å². The average molecular weight is 548 g/mol. The van der Waals surface area contributed by atoms with E-state index in [9.17, 15) is 14.4 Å². The van der Waals surface area contributed by atoms with Crippen molar-refractivity contribution in [2.24, 2.45) is 4.99 Å². The molecule has 3 rings (SSSR count). The van der Waals surface area contributed by atoms with Gasteiger partial charge in [-0.1, -0.05) is 41.4 Å². The van der Waals surface area contributed by atoms with E-state index in [1.165, 1.54) is 6.92 Å². The maximum Gasteiger partial charge on any atom is 0.414 e. The van der Waals surface area contributed by atoms with Crippen molar-refractivity contribution in [3.05, 3.63) is 58.1 Å². The third-order valence-electron chi connectivity index (χ3n) is 5.33. The number of hydrogen-bond donors (Lipinski definition) is 3. The molecule has 1 fully saturated rings. The minimum atomic E-state index is -0.755. The maximum atomic E-state index is 13.2. The molecule has 3 amide bonds. The van der Waals surface area contributed by atoms with Crippen molar-refractivity contribution in [2.45, 2.75) is 58.7 Å². The highest BCUT2D eigenvalue weighted by molar-refractivity contribution is 6.39. The molecule has 1 aliphatic rings. The number of nitrogens with one attached hydrogen (secondary N) is 3. The molecular weight excluding hydrogens is 517 g/mol. The van der Waals surface area contributed by atoms with Gasteiger partial charge in [-0.3, -0.25) is 14.9 Å². The quantitative estimate of drug-likeness (QED) is 0.354. The third kappa shape index (κ3) is 8.36. The first-order chi connectivity index (χ1) is 17.4. The Morgan fingerprint density at radius 1 is 1.11 bits per heavy atom. The fourth-order valence-corrected chi connectivity index (χ4v) is 4.48. The Hall–Kier alpha value is -3.30. The Balaban J connectivity index is 1.81. The van der Waals surface area contributed by atoms with Crippen molar-refractivity contribution in [3.8, 4) is 0 Å². The minimum Gasteiger partial charge on any atom is -0.444 e. The standard InChI is InChI=1S/C26H31Cl2N5O4/c1-16(34)30-22-19(27)13-17(14-20(22)28)15-29-24(32-25(36)37-26(2,3)4)31-23(35)21-11-8-12-33(21)18-9-6-5-7-10-18/h5-7,9-10,13-14,21H,8,11-12,15H2,1-4H3,(H,30,34)(H2,29,31,32,35,36)/t21-/m0/s1. The van der Waals surface area contributed by atoms with E-state index in [0.29, 0.717) is 17.7 Å². The molecule has 0 unspecified atom stereocenters. The van der Waals surface area contributed by atoms with Gasteiger partial charge in [0.2, 0.25) is 11.9 Å². The molecule has 1 atom stereocenters. The summed E-state index contributed by atoms with van der Waals surface area (Å²) in [5.41, 5.74) is 1.14. The number of halogens is 2. The number of amides is 3. The normalized spacial score (nSPS) is 15.8. The number of carbonyl (C=O) groups excluding carboxylic acids is 3. The van der Waals surface area contributed by atoms with E-state index in [2.05, 4.69) is 20.9 Å². The van der Waals surface area contributed by atoms with E-state index < -0.39 is 23.6 Å². The Labute approximate surface area is 226 Å². The number of carbonyl (C=O) groups is 3. The maximum absolute atomic E-state index is 13.2. The van der Waals surface area contributed by atoms with Gasteiger partial charge in [-0.15, -0.1) is 0 Å². The van der Waals surface area contributed by atoms with Crippen LogP contribution in [0, 0.1) is 0 Å². The lowest BCUT2D eigenvalue weighted by atomic mass is 10.2. The van der Waals surface area contributed by atoms with E-state index in [1.54, 1.807) is 32.9 Å². The lowest BCUT2D eigenvalue weighted by Gasteiger charge is -2.25. The van der Waals surface area contributed by atoms with E-state index in [4.69, 9.17) is 27.9 Å². The molecule has 198 valence electrons. The number of para-hydroxylation sites is 1. The molecule has 11 heteroatoms. The number of nitrogens with zero attached hydrogens (tertiary/aromatic N) is 2. The smallest absolute Gasteiger partial charge is 0.414 e. The fraction of sp³-hybridized carbons (Fsp3) is 0.385. The molecule has 0 spiro atoms. The summed E-state index contributed by atoms with van der Waals surface area (Å²) in [6.07, 6.45) is 0.739. The molecule has 2 aromatic rings. The van der Waals surface area contributed by atoms with Crippen LogP contribution in [-0.4, -0.2) is 42.1 Å². The number of hydrogen-bond acceptors (Lipinski definition) is 5. The number of anilines is 2. The summed E-state index contributed by atoms with van der Waals surface area (Å²) < 4.78 is 5.33. The van der Waals surface area contributed by atoms with Crippen LogP contribution < -0.4 is 20.9 Å². The van der Waals surface area contributed by atoms with Crippen LogP contribution in [0.2, 0.25) is 10.0 Å². The SMILES string of the molecule is CC(=O)Nc1c(Cl)cc(CN/C(=N/C(=O)[C@@H]2CCCN2c2ccccc2)NC(=O)OC(C)(C)C)cc1Cl. The van der Waals surface area contributed by atoms with Crippen LogP contribution in [0.3, 0.4) is 0 Å². The summed E-state index contributed by atoms with van der Waals surface area (Å²) >= 11 is 12.6. The highest BCUT2D eigenvalue weighted by Gasteiger charge is 2.31. The summed E-state index contributed by atoms with van der Waals surface area (Å²) in [7, 11) is 0. The van der Waals surface area contributed by atoms with Gasteiger partial charge in [-0.2, -0.15) is 4.99 Å². The van der Waals surface area contributed by atoms with Crippen LogP contribution >= 0.6 is 23.2 Å². The highest BCUT2D eigenvalue weighted by atomic mass is 35.5. The Kier molecular flexibility index (Phi) is 9.39. The second-order valence-corrected chi connectivity index (χ2v) is 10.4. The van der Waals surface area contributed by atoms with Gasteiger partial charge in [0.25, 0.3) is 5.91 Å². The molecule has 0 bridgehead atoms. The van der Waals surface area contributed by atoms with Gasteiger partial charge in [-0.05, 0) is 63.4 Å². The van der Waals surface area contributed by atoms with Gasteiger partial charge in [0.1, 0.15) is 11.6 Å². The largest absolute Gasteiger partial charge is 0.444 e. The van der Waals surface area contributed by atoms with Crippen LogP contribution in [0.25, 0.3) is 0 Å². The highest BCUT2D eigenvalue weighted by Crippen LogP contribution is 2.32. The van der Waals surface area contributed by atoms with Crippen molar-refractivity contribution in [1.82, 2.24) is 10.6 Å². The fourth-order valence-electron chi connectivity index (χ4n) is 3.86. The summed E-state index contributed by atoms with van der Waals surface area (Å²) in [4.78, 5) is 43.3. The van der Waals surface area contributed by atoms with Crippen molar-refractivity contribution in [2.75, 3.05) is 16.8 Å². The summed E-state index contributed by atoms with van der Waals surface area (Å²) in [5.74, 6) is -0.755. The zero-order valence-electron chi connectivity index (χ0n) is 21.2. The lowest BCUT2D eigenvalue weighted by Crippen LogP contribution is -2.45. The molecule has 37 heavy (non-hydrogen) atoms. The number of benzene rings is 2. The van der Waals surface area contributed by atoms with Crippen LogP contribution in [0.5, 0.6) is 0 Å². The second-order valence-electron chi connectivity index (χ2n) is 9.58. The van der Waals surface area contributed by atoms with Crippen molar-refractivity contribution in [3.63, 3.8) is 0 Å². The Bertz CT molecular complexity index is 1160. The number of alkyl carbamates (subject to hydrolysis) is 1. The van der Waals surface area contributed by atoms with E-state index in [-0.39, 0.29) is 28.5 Å². The molecule has 1 saturated heterocycles. The lowest BCUT2D eigenvalue weighted by molar-refractivity contribution is -0.119. The predicted molar refractivity (Wildman–Crippen MR) is 146 cm³/mol. The Morgan fingerprint density at radius 2 is 1.76 bits per heavy atom. The molecule has 0 radical (unpaired) electrons. The summed E-state index contributed by atoms with van der Waals surface area (Å²) in [5, 5.41) is 8.59. The first-order valence-corrected chi connectivity index (χ1v) is 12.6. The predicted octanol–water partition coefficient (Wildman–Crippen LogP) is 5.12. The molecule has 1 aliphatic heterocycles. The van der Waals surface area contributed by atoms with Gasteiger partial charge in [0.05, 0.1) is 15.7 Å². The van der Waals surface area contributed by atoms with Gasteiger partial charge in [-0.25, -0.2) is 4.79 Å². The van der Waals surface area contributed by atoms with E-state index in [1.807, 2.05) is 35.2 Å². The van der Waals surface area contributed by atoms with Gasteiger partial charge >= 0.3 is 6.09 Å². The van der Waals surface area contributed by atoms with Gasteiger partial charge < -0.3 is 20.3 Å². The summed E-state index contributed by atoms with van der Waals surface area (Å²) in [6, 6.07) is 12.4. The Morgan fingerprint density at radius 3 is 2.35 bits per heavy atom. The second kappa shape index (κ2) is 12.3. The minimum absolute atomic E-state index is 0.0580. The molecule has 2 aromatic carbocycles. The molecule has 0 saturated carbocycles. The van der Waals surface area contributed by atoms with Crippen LogP contribution in [0.15, 0.2) is 47.5 Å². The zero-order valence-corrected chi connectivity index (χ0v) is 22.7. The molecule has 9 nitrogen and oxygen atoms in total. The van der Waals surface area contributed by atoms with E-state index in [0.717, 1.165) is 18.7 Å². The van der Waals surface area contributed by atoms with Crippen LogP contribution in [-0.2, 0) is 20.9 Å². The number of aliphatic imine (C=N–C) groups is 1. The molecule has 1 heterocycles. The molecule has 0 aliphatic carbocycles. The number of rotatable bonds is 5. The molecular formula is C26H31Cl2N5O4. The van der Waals surface area contributed by atoms with Crippen molar-refractivity contribution in [1.29, 1.82) is 0 Å². The van der Waals surface area contributed by atoms with E-state index >= 15 is 0 Å². The summed E-state index contributed by atoms with van der Waals surface area (Å²) in [6.45, 7) is 7.43. The monoisotopic (exact) mass is 547 g/mol. The molecule has 3 N–H and O–H groups in total. The van der Waals surface area contributed by atoms with Crippen LogP contribution in [0.1, 0.15) is 46.1 Å². The van der Waals surface area contributed by atoms with Crippen molar-refractivity contribution >= 4 is 58.4 Å². The van der Waals surface area contributed by atoms with Gasteiger partial charge in [0, 0.05) is 25.7 Å². The third-order valence-corrected chi connectivity index (χ3v) is 5.93. The topological polar surface area (TPSA) is 112 Å². The molecule has 0 aromatic heterocycles. The van der Waals surface area contributed by atoms with Gasteiger partial charge in [0.15, 0.2) is 0 Å². The number of guanidine groups is 1. The number of ether oxygens (including phenoxy) is 1. The van der Waals surface area contributed by atoms with Crippen LogP contribution in [0.4, 0.5) is 16.2 Å². The zero-order chi connectivity index (χ0) is 27.2. The first-order valence-electron chi connectivity index (χ1n) is 11.9. The first kappa shape index (κ1) is 28.3. The average Bonchev–Trinajstić information content (AvgIpc) is 3.29.